The molecule has 0 saturated carbocycles. The van der Waals surface area contributed by atoms with Gasteiger partial charge in [0.1, 0.15) is 0 Å². The minimum absolute atomic E-state index is 0.640. The molecule has 0 nitrogen and oxygen atoms in total. The summed E-state index contributed by atoms with van der Waals surface area (Å²) < 4.78 is 3.23. The maximum Gasteiger partial charge on any atom is 0.0567 e. The topological polar surface area (TPSA) is 0 Å². The molecular formula is C20H29PS2. The smallest absolute Gasteiger partial charge is 0.0567 e. The lowest BCUT2D eigenvalue weighted by molar-refractivity contribution is 0.816. The second kappa shape index (κ2) is 6.21. The van der Waals surface area contributed by atoms with Crippen LogP contribution in [0.5, 0.6) is 0 Å². The number of thiophene rings is 2. The van der Waals surface area contributed by atoms with E-state index >= 15 is 0 Å². The SMILES string of the molecule is CC(C)c1sc2c([pH]c3c(C(C)C)c(C(C)C)sc32)c1C(C)C. The van der Waals surface area contributed by atoms with Crippen molar-refractivity contribution in [3.05, 3.63) is 20.9 Å². The largest absolute Gasteiger partial charge is 0.138 e. The molecular weight excluding hydrogens is 335 g/mol. The van der Waals surface area contributed by atoms with Crippen LogP contribution in [-0.2, 0) is 0 Å². The fraction of sp³-hybridized carbons (Fsp3) is 0.600. The zero-order valence-electron chi connectivity index (χ0n) is 15.6. The minimum atomic E-state index is 0.640. The molecule has 0 saturated heterocycles. The third kappa shape index (κ3) is 2.71. The second-order valence-electron chi connectivity index (χ2n) is 7.91. The molecule has 0 aromatic carbocycles. The highest BCUT2D eigenvalue weighted by Gasteiger charge is 2.25. The van der Waals surface area contributed by atoms with E-state index in [1.807, 2.05) is 0 Å². The van der Waals surface area contributed by atoms with Gasteiger partial charge in [0.05, 0.1) is 9.40 Å². The van der Waals surface area contributed by atoms with Gasteiger partial charge in [-0.1, -0.05) is 55.4 Å². The number of hydrogen-bond acceptors (Lipinski definition) is 2. The van der Waals surface area contributed by atoms with Gasteiger partial charge < -0.3 is 0 Å². The van der Waals surface area contributed by atoms with E-state index in [0.717, 1.165) is 8.19 Å². The van der Waals surface area contributed by atoms with Crippen LogP contribution < -0.4 is 0 Å². The van der Waals surface area contributed by atoms with Crippen LogP contribution >= 0.6 is 30.9 Å². The Hall–Kier alpha value is -0.300. The summed E-state index contributed by atoms with van der Waals surface area (Å²) in [5.41, 5.74) is 3.34. The molecule has 3 aromatic heterocycles. The van der Waals surface area contributed by atoms with Crippen LogP contribution in [-0.4, -0.2) is 0 Å². The molecule has 3 heteroatoms. The average Bonchev–Trinajstić information content (AvgIpc) is 3.03. The Labute approximate surface area is 150 Å². The van der Waals surface area contributed by atoms with Gasteiger partial charge in [-0.2, -0.15) is 0 Å². The van der Waals surface area contributed by atoms with Gasteiger partial charge in [-0.25, -0.2) is 0 Å². The van der Waals surface area contributed by atoms with Crippen molar-refractivity contribution in [2.24, 2.45) is 0 Å². The van der Waals surface area contributed by atoms with Crippen LogP contribution in [0.25, 0.3) is 19.6 Å². The molecule has 23 heavy (non-hydrogen) atoms. The van der Waals surface area contributed by atoms with E-state index in [4.69, 9.17) is 0 Å². The molecule has 0 fully saturated rings. The normalized spacial score (nSPS) is 13.0. The molecule has 0 aliphatic heterocycles. The zero-order valence-corrected chi connectivity index (χ0v) is 18.3. The summed E-state index contributed by atoms with van der Waals surface area (Å²) >= 11 is 4.18. The highest BCUT2D eigenvalue weighted by Crippen LogP contribution is 2.55. The molecule has 0 atom stereocenters. The van der Waals surface area contributed by atoms with Gasteiger partial charge >= 0.3 is 0 Å². The fourth-order valence-electron chi connectivity index (χ4n) is 3.62. The first kappa shape index (κ1) is 17.5. The summed E-state index contributed by atoms with van der Waals surface area (Å²) in [7, 11) is 0.882. The summed E-state index contributed by atoms with van der Waals surface area (Å²) in [6.45, 7) is 18.9. The van der Waals surface area contributed by atoms with Crippen molar-refractivity contribution in [3.8, 4) is 0 Å². The molecule has 0 bridgehead atoms. The highest BCUT2D eigenvalue weighted by molar-refractivity contribution is 7.49. The van der Waals surface area contributed by atoms with Crippen LogP contribution in [0.3, 0.4) is 0 Å². The van der Waals surface area contributed by atoms with Crippen molar-refractivity contribution in [1.82, 2.24) is 0 Å². The Bertz CT molecular complexity index is 771. The predicted octanol–water partition coefficient (Wildman–Crippen LogP) is 8.64. The van der Waals surface area contributed by atoms with Gasteiger partial charge in [0.15, 0.2) is 0 Å². The van der Waals surface area contributed by atoms with Crippen LogP contribution in [0.2, 0.25) is 0 Å². The van der Waals surface area contributed by atoms with Crippen molar-refractivity contribution in [2.45, 2.75) is 79.1 Å². The van der Waals surface area contributed by atoms with Crippen LogP contribution in [0.1, 0.15) is 99.9 Å². The van der Waals surface area contributed by atoms with Gasteiger partial charge in [-0.15, -0.1) is 30.9 Å². The molecule has 0 amide bonds. The molecule has 0 radical (unpaired) electrons. The highest BCUT2D eigenvalue weighted by atomic mass is 32.1. The van der Waals surface area contributed by atoms with Crippen molar-refractivity contribution in [3.63, 3.8) is 0 Å². The molecule has 126 valence electrons. The Morgan fingerprint density at radius 3 is 1.17 bits per heavy atom. The first-order chi connectivity index (χ1) is 10.7. The number of rotatable bonds is 4. The van der Waals surface area contributed by atoms with E-state index < -0.39 is 0 Å². The third-order valence-corrected chi connectivity index (χ3v) is 9.68. The van der Waals surface area contributed by atoms with Gasteiger partial charge in [0.2, 0.25) is 0 Å². The van der Waals surface area contributed by atoms with Crippen molar-refractivity contribution in [2.75, 3.05) is 0 Å². The molecule has 3 heterocycles. The molecule has 0 N–H and O–H groups in total. The lowest BCUT2D eigenvalue weighted by Crippen LogP contribution is -1.93. The first-order valence-corrected chi connectivity index (χ1v) is 11.5. The Morgan fingerprint density at radius 1 is 0.565 bits per heavy atom. The molecule has 3 aromatic rings. The molecule has 0 spiro atoms. The Balaban J connectivity index is 2.39. The molecule has 0 aliphatic rings. The molecule has 0 unspecified atom stereocenters. The van der Waals surface area contributed by atoms with E-state index in [-0.39, 0.29) is 0 Å². The number of fused-ring (bicyclic) bond motifs is 3. The van der Waals surface area contributed by atoms with Gasteiger partial charge in [0, 0.05) is 20.0 Å². The molecule has 0 aliphatic carbocycles. The maximum absolute atomic E-state index is 2.37. The van der Waals surface area contributed by atoms with Gasteiger partial charge in [-0.05, 0) is 34.8 Å². The first-order valence-electron chi connectivity index (χ1n) is 8.84. The average molecular weight is 365 g/mol. The summed E-state index contributed by atoms with van der Waals surface area (Å²) in [4.78, 5) is 3.27. The quantitative estimate of drug-likeness (QED) is 0.434. The minimum Gasteiger partial charge on any atom is -0.138 e. The second-order valence-corrected chi connectivity index (χ2v) is 11.3. The van der Waals surface area contributed by atoms with Gasteiger partial charge in [-0.3, -0.25) is 0 Å². The van der Waals surface area contributed by atoms with Crippen molar-refractivity contribution < 1.29 is 0 Å². The standard InChI is InChI=1S/C20H29PS2/c1-9(2)13-15-19(22-17(13)11(5)6)20-16(21-15)14(10(3)4)18(23-20)12(7)8/h9-12,21H,1-8H3. The summed E-state index contributed by atoms with van der Waals surface area (Å²) in [6.07, 6.45) is 0. The van der Waals surface area contributed by atoms with Crippen LogP contribution in [0, 0.1) is 0 Å². The zero-order chi connectivity index (χ0) is 17.0. The fourth-order valence-corrected chi connectivity index (χ4v) is 9.31. The Morgan fingerprint density at radius 2 is 0.913 bits per heavy atom. The summed E-state index contributed by atoms with van der Waals surface area (Å²) in [5.74, 6) is 2.57. The van der Waals surface area contributed by atoms with Crippen molar-refractivity contribution in [1.29, 1.82) is 0 Å². The summed E-state index contributed by atoms with van der Waals surface area (Å²) in [6, 6.07) is 0. The Kier molecular flexibility index (Phi) is 4.73. The van der Waals surface area contributed by atoms with E-state index in [0.29, 0.717) is 23.7 Å². The van der Waals surface area contributed by atoms with E-state index in [1.54, 1.807) is 40.5 Å². The third-order valence-electron chi connectivity index (χ3n) is 4.61. The van der Waals surface area contributed by atoms with Crippen LogP contribution in [0.15, 0.2) is 0 Å². The summed E-state index contributed by atoms with van der Waals surface area (Å²) in [5, 5.41) is 3.37. The van der Waals surface area contributed by atoms with E-state index in [9.17, 15) is 0 Å². The lowest BCUT2D eigenvalue weighted by atomic mass is 9.98. The molecule has 3 rings (SSSR count). The number of hydrogen-bond donors (Lipinski definition) is 0. The van der Waals surface area contributed by atoms with Crippen molar-refractivity contribution >= 4 is 50.5 Å². The van der Waals surface area contributed by atoms with E-state index in [1.165, 1.54) is 0 Å². The van der Waals surface area contributed by atoms with E-state index in [2.05, 4.69) is 78.1 Å². The van der Waals surface area contributed by atoms with Gasteiger partial charge in [0.25, 0.3) is 0 Å². The lowest BCUT2D eigenvalue weighted by Gasteiger charge is -2.11. The maximum atomic E-state index is 2.37. The predicted molar refractivity (Wildman–Crippen MR) is 113 cm³/mol. The van der Waals surface area contributed by atoms with Crippen LogP contribution in [0.4, 0.5) is 0 Å². The monoisotopic (exact) mass is 364 g/mol.